The standard InChI is InChI=1S/C23H29N3O2S/c1-16(2)19-12-9-13-20(14-19)23(4,5)24-22(28)26-25-21(27)17(3)29-15-18-10-7-6-8-11-18/h6-14,17H,1,15H2,2-5H3,(H,25,27)(H2,24,26,28)/t17-/m0/s1. The number of urea groups is 1. The molecular formula is C23H29N3O2S. The van der Waals surface area contributed by atoms with Crippen LogP contribution in [0.5, 0.6) is 0 Å². The van der Waals surface area contributed by atoms with E-state index in [2.05, 4.69) is 22.7 Å². The van der Waals surface area contributed by atoms with Crippen LogP contribution in [0.2, 0.25) is 0 Å². The van der Waals surface area contributed by atoms with Gasteiger partial charge in [0.25, 0.3) is 5.91 Å². The summed E-state index contributed by atoms with van der Waals surface area (Å²) in [5, 5.41) is 2.59. The summed E-state index contributed by atoms with van der Waals surface area (Å²) in [6.07, 6.45) is 0. The first kappa shape index (κ1) is 22.6. The lowest BCUT2D eigenvalue weighted by atomic mass is 9.92. The maximum atomic E-state index is 12.3. The van der Waals surface area contributed by atoms with Crippen molar-refractivity contribution in [3.05, 3.63) is 77.9 Å². The molecule has 6 heteroatoms. The largest absolute Gasteiger partial charge is 0.334 e. The zero-order valence-electron chi connectivity index (χ0n) is 17.4. The van der Waals surface area contributed by atoms with Crippen molar-refractivity contribution < 1.29 is 9.59 Å². The van der Waals surface area contributed by atoms with Crippen molar-refractivity contribution in [1.29, 1.82) is 0 Å². The van der Waals surface area contributed by atoms with Crippen LogP contribution in [0.15, 0.2) is 61.2 Å². The lowest BCUT2D eigenvalue weighted by Gasteiger charge is -2.27. The molecule has 0 saturated carbocycles. The quantitative estimate of drug-likeness (QED) is 0.583. The van der Waals surface area contributed by atoms with Gasteiger partial charge in [-0.15, -0.1) is 11.8 Å². The Labute approximate surface area is 177 Å². The van der Waals surface area contributed by atoms with Crippen molar-refractivity contribution in [1.82, 2.24) is 16.2 Å². The Morgan fingerprint density at radius 2 is 1.76 bits per heavy atom. The van der Waals surface area contributed by atoms with Crippen LogP contribution < -0.4 is 16.2 Å². The number of hydrazine groups is 1. The maximum absolute atomic E-state index is 12.3. The van der Waals surface area contributed by atoms with Gasteiger partial charge in [0.15, 0.2) is 0 Å². The predicted molar refractivity (Wildman–Crippen MR) is 121 cm³/mol. The molecule has 0 aromatic heterocycles. The van der Waals surface area contributed by atoms with Gasteiger partial charge in [-0.3, -0.25) is 10.2 Å². The molecule has 5 nitrogen and oxygen atoms in total. The van der Waals surface area contributed by atoms with Crippen molar-refractivity contribution in [3.8, 4) is 0 Å². The number of benzene rings is 2. The van der Waals surface area contributed by atoms with Gasteiger partial charge in [0.1, 0.15) is 0 Å². The Kier molecular flexibility index (Phi) is 7.91. The lowest BCUT2D eigenvalue weighted by molar-refractivity contribution is -0.121. The summed E-state index contributed by atoms with van der Waals surface area (Å²) in [6.45, 7) is 11.5. The number of nitrogens with one attached hydrogen (secondary N) is 3. The Hall–Kier alpha value is -2.73. The number of hydrogen-bond donors (Lipinski definition) is 3. The van der Waals surface area contributed by atoms with Gasteiger partial charge < -0.3 is 5.32 Å². The van der Waals surface area contributed by atoms with Crippen molar-refractivity contribution in [3.63, 3.8) is 0 Å². The second kappa shape index (κ2) is 10.2. The van der Waals surface area contributed by atoms with E-state index in [1.165, 1.54) is 11.8 Å². The van der Waals surface area contributed by atoms with Crippen LogP contribution in [0.25, 0.3) is 5.57 Å². The number of carbonyl (C=O) groups excluding carboxylic acids is 2. The molecule has 0 radical (unpaired) electrons. The van der Waals surface area contributed by atoms with Gasteiger partial charge in [0, 0.05) is 5.75 Å². The molecule has 0 spiro atoms. The molecule has 0 saturated heterocycles. The van der Waals surface area contributed by atoms with E-state index in [1.54, 1.807) is 0 Å². The van der Waals surface area contributed by atoms with E-state index in [9.17, 15) is 9.59 Å². The van der Waals surface area contributed by atoms with Gasteiger partial charge in [0.05, 0.1) is 10.8 Å². The van der Waals surface area contributed by atoms with Gasteiger partial charge in [-0.2, -0.15) is 0 Å². The molecule has 2 aromatic carbocycles. The van der Waals surface area contributed by atoms with E-state index in [4.69, 9.17) is 0 Å². The number of rotatable bonds is 7. The normalized spacial score (nSPS) is 12.0. The highest BCUT2D eigenvalue weighted by Gasteiger charge is 2.24. The van der Waals surface area contributed by atoms with Crippen LogP contribution in [0.1, 0.15) is 44.4 Å². The third-order valence-corrected chi connectivity index (χ3v) is 5.73. The highest BCUT2D eigenvalue weighted by atomic mass is 32.2. The minimum absolute atomic E-state index is 0.247. The molecule has 0 fully saturated rings. The summed E-state index contributed by atoms with van der Waals surface area (Å²) >= 11 is 1.51. The first-order valence-electron chi connectivity index (χ1n) is 9.49. The average molecular weight is 412 g/mol. The van der Waals surface area contributed by atoms with Crippen LogP contribution >= 0.6 is 11.8 Å². The monoisotopic (exact) mass is 411 g/mol. The highest BCUT2D eigenvalue weighted by Crippen LogP contribution is 2.23. The highest BCUT2D eigenvalue weighted by molar-refractivity contribution is 7.99. The Bertz CT molecular complexity index is 865. The Morgan fingerprint density at radius 3 is 2.41 bits per heavy atom. The van der Waals surface area contributed by atoms with Crippen molar-refractivity contribution in [2.24, 2.45) is 0 Å². The van der Waals surface area contributed by atoms with E-state index in [-0.39, 0.29) is 11.2 Å². The van der Waals surface area contributed by atoms with E-state index in [0.717, 1.165) is 28.0 Å². The van der Waals surface area contributed by atoms with E-state index in [1.807, 2.05) is 82.3 Å². The number of carbonyl (C=O) groups is 2. The summed E-state index contributed by atoms with van der Waals surface area (Å²) in [4.78, 5) is 24.5. The van der Waals surface area contributed by atoms with Gasteiger partial charge in [-0.25, -0.2) is 10.2 Å². The third kappa shape index (κ3) is 6.98. The van der Waals surface area contributed by atoms with Crippen LogP contribution in [0, 0.1) is 0 Å². The molecule has 154 valence electrons. The number of thioether (sulfide) groups is 1. The molecule has 2 rings (SSSR count). The fourth-order valence-corrected chi connectivity index (χ4v) is 3.50. The molecule has 0 aliphatic carbocycles. The second-order valence-electron chi connectivity index (χ2n) is 7.49. The van der Waals surface area contributed by atoms with Crippen LogP contribution in [0.4, 0.5) is 4.79 Å². The second-order valence-corrected chi connectivity index (χ2v) is 8.82. The number of allylic oxidation sites excluding steroid dienone is 1. The SMILES string of the molecule is C=C(C)c1cccc(C(C)(C)NC(=O)NNC(=O)[C@H](C)SCc2ccccc2)c1. The van der Waals surface area contributed by atoms with Crippen LogP contribution in [-0.4, -0.2) is 17.2 Å². The zero-order chi connectivity index (χ0) is 21.4. The molecule has 3 amide bonds. The molecular weight excluding hydrogens is 382 g/mol. The molecule has 0 bridgehead atoms. The molecule has 1 atom stereocenters. The smallest absolute Gasteiger partial charge is 0.328 e. The van der Waals surface area contributed by atoms with Crippen LogP contribution in [-0.2, 0) is 16.1 Å². The molecule has 2 aromatic rings. The van der Waals surface area contributed by atoms with E-state index >= 15 is 0 Å². The first-order valence-corrected chi connectivity index (χ1v) is 10.5. The van der Waals surface area contributed by atoms with Gasteiger partial charge in [-0.1, -0.05) is 60.7 Å². The van der Waals surface area contributed by atoms with Crippen molar-refractivity contribution in [2.45, 2.75) is 44.2 Å². The first-order chi connectivity index (χ1) is 13.7. The van der Waals surface area contributed by atoms with Crippen molar-refractivity contribution in [2.75, 3.05) is 0 Å². The molecule has 0 aliphatic heterocycles. The van der Waals surface area contributed by atoms with Crippen LogP contribution in [0.3, 0.4) is 0 Å². The van der Waals surface area contributed by atoms with Gasteiger partial charge >= 0.3 is 6.03 Å². The number of hydrogen-bond acceptors (Lipinski definition) is 3. The lowest BCUT2D eigenvalue weighted by Crippen LogP contribution is -2.53. The minimum atomic E-state index is -0.617. The van der Waals surface area contributed by atoms with E-state index < -0.39 is 11.6 Å². The topological polar surface area (TPSA) is 70.2 Å². The molecule has 0 aliphatic rings. The third-order valence-electron chi connectivity index (χ3n) is 4.51. The zero-order valence-corrected chi connectivity index (χ0v) is 18.2. The number of amides is 3. The van der Waals surface area contributed by atoms with Crippen molar-refractivity contribution >= 4 is 29.3 Å². The molecule has 3 N–H and O–H groups in total. The fourth-order valence-electron chi connectivity index (χ4n) is 2.65. The molecule has 0 heterocycles. The summed E-state index contributed by atoms with van der Waals surface area (Å²) < 4.78 is 0. The van der Waals surface area contributed by atoms with Gasteiger partial charge in [0.2, 0.25) is 0 Å². The minimum Gasteiger partial charge on any atom is -0.328 e. The summed E-state index contributed by atoms with van der Waals surface area (Å²) in [5.74, 6) is 0.483. The Morgan fingerprint density at radius 1 is 1.07 bits per heavy atom. The summed E-state index contributed by atoms with van der Waals surface area (Å²) in [5.41, 5.74) is 8.40. The Balaban J connectivity index is 1.84. The maximum Gasteiger partial charge on any atom is 0.334 e. The van der Waals surface area contributed by atoms with Gasteiger partial charge in [-0.05, 0) is 50.5 Å². The van der Waals surface area contributed by atoms with E-state index in [0.29, 0.717) is 0 Å². The summed E-state index contributed by atoms with van der Waals surface area (Å²) in [7, 11) is 0. The average Bonchev–Trinajstić information content (AvgIpc) is 2.70. The fraction of sp³-hybridized carbons (Fsp3) is 0.304. The summed E-state index contributed by atoms with van der Waals surface area (Å²) in [6, 6.07) is 17.4. The molecule has 29 heavy (non-hydrogen) atoms. The predicted octanol–water partition coefficient (Wildman–Crippen LogP) is 4.61. The molecule has 0 unspecified atom stereocenters.